The molecule has 0 spiro atoms. The first kappa shape index (κ1) is 16.4. The van der Waals surface area contributed by atoms with E-state index in [0.29, 0.717) is 25.4 Å². The van der Waals surface area contributed by atoms with E-state index >= 15 is 0 Å². The lowest BCUT2D eigenvalue weighted by molar-refractivity contribution is -0.126. The van der Waals surface area contributed by atoms with E-state index in [1.165, 1.54) is 0 Å². The second-order valence-electron chi connectivity index (χ2n) is 5.53. The molecule has 0 saturated heterocycles. The smallest absolute Gasteiger partial charge is 0.224 e. The molecule has 0 bridgehead atoms. The van der Waals surface area contributed by atoms with Gasteiger partial charge in [0.15, 0.2) is 0 Å². The molecule has 0 aliphatic rings. The molecular weight excluding hydrogens is 216 g/mol. The van der Waals surface area contributed by atoms with Crippen molar-refractivity contribution in [1.82, 2.24) is 5.32 Å². The monoisotopic (exact) mass is 244 g/mol. The van der Waals surface area contributed by atoms with Crippen molar-refractivity contribution in [2.75, 3.05) is 13.1 Å². The zero-order chi connectivity index (χ0) is 13.5. The average Bonchev–Trinajstić information content (AvgIpc) is 2.21. The van der Waals surface area contributed by atoms with E-state index in [2.05, 4.69) is 19.2 Å². The lowest BCUT2D eigenvalue weighted by Crippen LogP contribution is -2.44. The Balaban J connectivity index is 4.12. The van der Waals surface area contributed by atoms with Gasteiger partial charge in [-0.15, -0.1) is 0 Å². The van der Waals surface area contributed by atoms with Crippen molar-refractivity contribution in [1.29, 1.82) is 0 Å². The topological polar surface area (TPSA) is 75.4 Å². The predicted molar refractivity (Wildman–Crippen MR) is 70.5 cm³/mol. The van der Waals surface area contributed by atoms with Gasteiger partial charge in [-0.1, -0.05) is 27.2 Å². The molecule has 0 aromatic heterocycles. The highest BCUT2D eigenvalue weighted by molar-refractivity contribution is 5.78. The summed E-state index contributed by atoms with van der Waals surface area (Å²) in [5, 5.41) is 12.9. The molecule has 4 N–H and O–H groups in total. The first-order chi connectivity index (χ1) is 7.82. The Hall–Kier alpha value is -0.610. The molecule has 0 aliphatic heterocycles. The molecule has 0 heterocycles. The molecule has 4 heteroatoms. The van der Waals surface area contributed by atoms with Crippen LogP contribution in [0.25, 0.3) is 0 Å². The normalized spacial score (nSPS) is 16.6. The van der Waals surface area contributed by atoms with Crippen molar-refractivity contribution in [3.8, 4) is 0 Å². The summed E-state index contributed by atoms with van der Waals surface area (Å²) in [7, 11) is 0. The first-order valence-corrected chi connectivity index (χ1v) is 6.52. The number of carbonyl (C=O) groups excluding carboxylic acids is 1. The second-order valence-corrected chi connectivity index (χ2v) is 5.53. The predicted octanol–water partition coefficient (Wildman–Crippen LogP) is 1.27. The zero-order valence-corrected chi connectivity index (χ0v) is 11.6. The molecule has 2 unspecified atom stereocenters. The third kappa shape index (κ3) is 7.34. The van der Waals surface area contributed by atoms with Gasteiger partial charge in [0, 0.05) is 13.1 Å². The van der Waals surface area contributed by atoms with Crippen molar-refractivity contribution >= 4 is 5.91 Å². The quantitative estimate of drug-likeness (QED) is 0.602. The van der Waals surface area contributed by atoms with Gasteiger partial charge in [-0.3, -0.25) is 4.79 Å². The van der Waals surface area contributed by atoms with Crippen LogP contribution in [0.5, 0.6) is 0 Å². The minimum atomic E-state index is -0.838. The molecule has 0 fully saturated rings. The summed E-state index contributed by atoms with van der Waals surface area (Å²) in [6, 6.07) is 0. The lowest BCUT2D eigenvalue weighted by atomic mass is 9.94. The number of hydrogen-bond donors (Lipinski definition) is 3. The maximum Gasteiger partial charge on any atom is 0.224 e. The van der Waals surface area contributed by atoms with Crippen LogP contribution in [0, 0.1) is 11.8 Å². The highest BCUT2D eigenvalue weighted by Gasteiger charge is 2.24. The van der Waals surface area contributed by atoms with Crippen LogP contribution in [0.2, 0.25) is 0 Å². The molecular formula is C13H28N2O2. The third-order valence-corrected chi connectivity index (χ3v) is 2.78. The fourth-order valence-electron chi connectivity index (χ4n) is 2.08. The molecule has 0 aromatic carbocycles. The molecule has 0 saturated carbocycles. The van der Waals surface area contributed by atoms with Crippen LogP contribution in [0.4, 0.5) is 0 Å². The van der Waals surface area contributed by atoms with E-state index in [1.54, 1.807) is 6.92 Å². The van der Waals surface area contributed by atoms with Gasteiger partial charge in [0.2, 0.25) is 5.91 Å². The van der Waals surface area contributed by atoms with E-state index in [0.717, 1.165) is 12.8 Å². The molecule has 4 nitrogen and oxygen atoms in total. The Morgan fingerprint density at radius 3 is 2.47 bits per heavy atom. The number of nitrogens with one attached hydrogen (secondary N) is 1. The fourth-order valence-corrected chi connectivity index (χ4v) is 2.08. The number of hydrogen-bond acceptors (Lipinski definition) is 3. The summed E-state index contributed by atoms with van der Waals surface area (Å²) in [5.41, 5.74) is 4.72. The number of amides is 1. The van der Waals surface area contributed by atoms with Gasteiger partial charge in [0.1, 0.15) is 0 Å². The van der Waals surface area contributed by atoms with Gasteiger partial charge >= 0.3 is 0 Å². The van der Waals surface area contributed by atoms with Crippen molar-refractivity contribution < 1.29 is 9.90 Å². The average molecular weight is 244 g/mol. The Bertz CT molecular complexity index is 227. The standard InChI is InChI=1S/C13H28N2O2/c1-5-6-11(8-14)12(16)15-9-13(4,17)7-10(2)3/h10-11,17H,5-9,14H2,1-4H3,(H,15,16). The van der Waals surface area contributed by atoms with Gasteiger partial charge in [0.05, 0.1) is 11.5 Å². The van der Waals surface area contributed by atoms with Crippen LogP contribution in [0.1, 0.15) is 47.0 Å². The van der Waals surface area contributed by atoms with E-state index in [4.69, 9.17) is 5.73 Å². The van der Waals surface area contributed by atoms with Crippen molar-refractivity contribution in [2.45, 2.75) is 52.6 Å². The van der Waals surface area contributed by atoms with E-state index in [9.17, 15) is 9.90 Å². The van der Waals surface area contributed by atoms with Crippen molar-refractivity contribution in [3.05, 3.63) is 0 Å². The van der Waals surface area contributed by atoms with Crippen LogP contribution < -0.4 is 11.1 Å². The highest BCUT2D eigenvalue weighted by Crippen LogP contribution is 2.15. The number of carbonyl (C=O) groups is 1. The Kier molecular flexibility index (Phi) is 7.39. The van der Waals surface area contributed by atoms with Gasteiger partial charge in [0.25, 0.3) is 0 Å². The summed E-state index contributed by atoms with van der Waals surface area (Å²) < 4.78 is 0. The van der Waals surface area contributed by atoms with E-state index in [1.807, 2.05) is 6.92 Å². The van der Waals surface area contributed by atoms with Crippen molar-refractivity contribution in [2.24, 2.45) is 17.6 Å². The van der Waals surface area contributed by atoms with Crippen LogP contribution in [-0.2, 0) is 4.79 Å². The summed E-state index contributed by atoms with van der Waals surface area (Å²) in [6.07, 6.45) is 2.42. The molecule has 2 atom stereocenters. The largest absolute Gasteiger partial charge is 0.388 e. The SMILES string of the molecule is CCCC(CN)C(=O)NCC(C)(O)CC(C)C. The lowest BCUT2D eigenvalue weighted by Gasteiger charge is -2.26. The molecule has 1 amide bonds. The summed E-state index contributed by atoms with van der Waals surface area (Å²) >= 11 is 0. The number of aliphatic hydroxyl groups is 1. The first-order valence-electron chi connectivity index (χ1n) is 6.52. The Labute approximate surface area is 105 Å². The summed E-state index contributed by atoms with van der Waals surface area (Å²) in [5.74, 6) is 0.232. The molecule has 102 valence electrons. The van der Waals surface area contributed by atoms with Crippen molar-refractivity contribution in [3.63, 3.8) is 0 Å². The fraction of sp³-hybridized carbons (Fsp3) is 0.923. The minimum absolute atomic E-state index is 0.0432. The molecule has 17 heavy (non-hydrogen) atoms. The Morgan fingerprint density at radius 2 is 2.06 bits per heavy atom. The summed E-state index contributed by atoms with van der Waals surface area (Å²) in [6.45, 7) is 8.55. The second kappa shape index (κ2) is 7.67. The van der Waals surface area contributed by atoms with Crippen LogP contribution >= 0.6 is 0 Å². The van der Waals surface area contributed by atoms with Crippen LogP contribution in [0.15, 0.2) is 0 Å². The summed E-state index contributed by atoms with van der Waals surface area (Å²) in [4.78, 5) is 11.8. The van der Waals surface area contributed by atoms with E-state index in [-0.39, 0.29) is 11.8 Å². The van der Waals surface area contributed by atoms with Crippen LogP contribution in [-0.4, -0.2) is 29.7 Å². The van der Waals surface area contributed by atoms with Gasteiger partial charge in [-0.25, -0.2) is 0 Å². The van der Waals surface area contributed by atoms with Crippen LogP contribution in [0.3, 0.4) is 0 Å². The highest BCUT2D eigenvalue weighted by atomic mass is 16.3. The Morgan fingerprint density at radius 1 is 1.47 bits per heavy atom. The zero-order valence-electron chi connectivity index (χ0n) is 11.6. The molecule has 0 rings (SSSR count). The van der Waals surface area contributed by atoms with Gasteiger partial charge in [-0.2, -0.15) is 0 Å². The molecule has 0 aliphatic carbocycles. The van der Waals surface area contributed by atoms with Gasteiger partial charge in [-0.05, 0) is 25.7 Å². The number of rotatable bonds is 8. The van der Waals surface area contributed by atoms with E-state index < -0.39 is 5.60 Å². The van der Waals surface area contributed by atoms with Gasteiger partial charge < -0.3 is 16.2 Å². The number of nitrogens with two attached hydrogens (primary N) is 1. The molecule has 0 radical (unpaired) electrons. The minimum Gasteiger partial charge on any atom is -0.388 e. The third-order valence-electron chi connectivity index (χ3n) is 2.78. The maximum atomic E-state index is 11.8. The maximum absolute atomic E-state index is 11.8. The molecule has 0 aromatic rings.